The Morgan fingerprint density at radius 2 is 1.83 bits per heavy atom. The summed E-state index contributed by atoms with van der Waals surface area (Å²) < 4.78 is 17.3. The molecule has 0 aliphatic carbocycles. The highest BCUT2D eigenvalue weighted by atomic mass is 35.5. The Bertz CT molecular complexity index is 1590. The largest absolute Gasteiger partial charge is 0.448 e. The number of hydrogen-bond donors (Lipinski definition) is 1. The number of fused-ring (bicyclic) bond motifs is 2. The van der Waals surface area contributed by atoms with E-state index in [-0.39, 0.29) is 23.0 Å². The number of halogens is 1. The predicted molar refractivity (Wildman–Crippen MR) is 133 cm³/mol. The van der Waals surface area contributed by atoms with Crippen molar-refractivity contribution in [2.75, 3.05) is 0 Å². The fourth-order valence-electron chi connectivity index (χ4n) is 4.39. The van der Waals surface area contributed by atoms with Gasteiger partial charge >= 0.3 is 5.97 Å². The summed E-state index contributed by atoms with van der Waals surface area (Å²) in [5, 5.41) is 11.1. The first kappa shape index (κ1) is 22.6. The number of ether oxygens (including phenoxy) is 2. The molecule has 0 amide bonds. The summed E-state index contributed by atoms with van der Waals surface area (Å²) in [7, 11) is 0. The van der Waals surface area contributed by atoms with E-state index in [1.54, 1.807) is 24.3 Å². The highest BCUT2D eigenvalue weighted by Crippen LogP contribution is 2.45. The minimum absolute atomic E-state index is 0.0210. The minimum Gasteiger partial charge on any atom is -0.448 e. The van der Waals surface area contributed by atoms with Crippen LogP contribution in [0.15, 0.2) is 70.5 Å². The van der Waals surface area contributed by atoms with E-state index in [0.717, 1.165) is 22.1 Å². The topological polar surface area (TPSA) is 98.5 Å². The van der Waals surface area contributed by atoms with Gasteiger partial charge in [-0.25, -0.2) is 4.79 Å². The average molecular weight is 485 g/mol. The zero-order chi connectivity index (χ0) is 24.9. The normalized spacial score (nSPS) is 14.9. The van der Waals surface area contributed by atoms with Crippen molar-refractivity contribution in [1.29, 1.82) is 5.26 Å². The Morgan fingerprint density at radius 3 is 2.57 bits per heavy atom. The van der Waals surface area contributed by atoms with Gasteiger partial charge in [0.15, 0.2) is 0 Å². The molecule has 4 aromatic rings. The first-order valence-electron chi connectivity index (χ1n) is 11.0. The zero-order valence-corrected chi connectivity index (χ0v) is 20.1. The Morgan fingerprint density at radius 1 is 1.06 bits per heavy atom. The van der Waals surface area contributed by atoms with Gasteiger partial charge in [-0.05, 0) is 49.6 Å². The van der Waals surface area contributed by atoms with Crippen molar-refractivity contribution < 1.29 is 18.7 Å². The lowest BCUT2D eigenvalue weighted by Crippen LogP contribution is -2.21. The Balaban J connectivity index is 1.51. The number of rotatable bonds is 3. The molecule has 174 valence electrons. The van der Waals surface area contributed by atoms with Crippen molar-refractivity contribution in [3.63, 3.8) is 0 Å². The van der Waals surface area contributed by atoms with Crippen LogP contribution in [0.25, 0.3) is 11.0 Å². The van der Waals surface area contributed by atoms with E-state index in [1.165, 1.54) is 0 Å². The van der Waals surface area contributed by atoms with E-state index in [9.17, 15) is 10.1 Å². The lowest BCUT2D eigenvalue weighted by Gasteiger charge is -2.27. The standard InChI is InChI=1S/C28H21ClN2O4/c1-14-8-10-18-16(3)26(35-25(18)15(14)2)28(32)33-17-9-11-20-23(12-17)34-27(31)21(13-30)24(20)19-6-4-5-7-22(19)29/h4-12,24H,31H2,1-3H3. The van der Waals surface area contributed by atoms with Crippen LogP contribution in [0.3, 0.4) is 0 Å². The monoisotopic (exact) mass is 484 g/mol. The van der Waals surface area contributed by atoms with Crippen LogP contribution in [0, 0.1) is 32.1 Å². The van der Waals surface area contributed by atoms with Crippen LogP contribution in [0.4, 0.5) is 0 Å². The van der Waals surface area contributed by atoms with Gasteiger partial charge in [-0.3, -0.25) is 0 Å². The molecule has 5 rings (SSSR count). The maximum atomic E-state index is 13.0. The molecule has 6 nitrogen and oxygen atoms in total. The number of benzene rings is 3. The second-order valence-corrected chi connectivity index (χ2v) is 8.88. The fourth-order valence-corrected chi connectivity index (χ4v) is 4.64. The molecule has 0 fully saturated rings. The van der Waals surface area contributed by atoms with Crippen LogP contribution in [0.2, 0.25) is 5.02 Å². The third-order valence-corrected chi connectivity index (χ3v) is 6.77. The van der Waals surface area contributed by atoms with Crippen LogP contribution in [-0.2, 0) is 0 Å². The van der Waals surface area contributed by atoms with Crippen LogP contribution in [-0.4, -0.2) is 5.97 Å². The first-order valence-corrected chi connectivity index (χ1v) is 11.4. The van der Waals surface area contributed by atoms with Crippen molar-refractivity contribution in [1.82, 2.24) is 0 Å². The zero-order valence-electron chi connectivity index (χ0n) is 19.3. The van der Waals surface area contributed by atoms with Gasteiger partial charge in [0.2, 0.25) is 11.6 Å². The van der Waals surface area contributed by atoms with E-state index >= 15 is 0 Å². The summed E-state index contributed by atoms with van der Waals surface area (Å²) in [6, 6.07) is 18.3. The van der Waals surface area contributed by atoms with Crippen LogP contribution >= 0.6 is 11.6 Å². The number of nitrogens with two attached hydrogens (primary N) is 1. The molecule has 0 bridgehead atoms. The molecule has 1 aromatic heterocycles. The minimum atomic E-state index is -0.615. The molecular formula is C28H21ClN2O4. The first-order chi connectivity index (χ1) is 16.8. The lowest BCUT2D eigenvalue weighted by atomic mass is 9.83. The number of nitrogens with zero attached hydrogens (tertiary/aromatic N) is 1. The Kier molecular flexibility index (Phi) is 5.50. The molecule has 2 heterocycles. The van der Waals surface area contributed by atoms with Crippen molar-refractivity contribution in [3.8, 4) is 17.6 Å². The summed E-state index contributed by atoms with van der Waals surface area (Å²) in [5.41, 5.74) is 11.2. The highest BCUT2D eigenvalue weighted by Gasteiger charge is 2.32. The van der Waals surface area contributed by atoms with Crippen molar-refractivity contribution in [2.45, 2.75) is 26.7 Å². The molecule has 35 heavy (non-hydrogen) atoms. The predicted octanol–water partition coefficient (Wildman–Crippen LogP) is 6.45. The maximum absolute atomic E-state index is 13.0. The Hall–Kier alpha value is -4.21. The van der Waals surface area contributed by atoms with Gasteiger partial charge in [-0.2, -0.15) is 5.26 Å². The third kappa shape index (κ3) is 3.71. The molecule has 0 radical (unpaired) electrons. The van der Waals surface area contributed by atoms with Gasteiger partial charge in [-0.15, -0.1) is 0 Å². The van der Waals surface area contributed by atoms with Gasteiger partial charge < -0.3 is 19.6 Å². The van der Waals surface area contributed by atoms with E-state index < -0.39 is 11.9 Å². The SMILES string of the molecule is Cc1ccc2c(C)c(C(=O)Oc3ccc4c(c3)OC(N)=C(C#N)C4c3ccccc3Cl)oc2c1C. The third-order valence-electron chi connectivity index (χ3n) is 6.43. The summed E-state index contributed by atoms with van der Waals surface area (Å²) in [4.78, 5) is 13.0. The molecular weight excluding hydrogens is 464 g/mol. The smallest absolute Gasteiger partial charge is 0.379 e. The maximum Gasteiger partial charge on any atom is 0.379 e. The number of furan rings is 1. The Labute approximate surface area is 207 Å². The summed E-state index contributed by atoms with van der Waals surface area (Å²) in [6.07, 6.45) is 0. The summed E-state index contributed by atoms with van der Waals surface area (Å²) in [5.74, 6) is -0.363. The summed E-state index contributed by atoms with van der Waals surface area (Å²) >= 11 is 6.44. The molecule has 0 saturated heterocycles. The van der Waals surface area contributed by atoms with Gasteiger partial charge in [-0.1, -0.05) is 48.0 Å². The number of hydrogen-bond acceptors (Lipinski definition) is 6. The van der Waals surface area contributed by atoms with Crippen molar-refractivity contribution in [3.05, 3.63) is 105 Å². The van der Waals surface area contributed by atoms with Crippen LogP contribution in [0.5, 0.6) is 11.5 Å². The second-order valence-electron chi connectivity index (χ2n) is 8.48. The van der Waals surface area contributed by atoms with Gasteiger partial charge in [0.25, 0.3) is 0 Å². The van der Waals surface area contributed by atoms with Crippen molar-refractivity contribution >= 4 is 28.5 Å². The van der Waals surface area contributed by atoms with Crippen LogP contribution < -0.4 is 15.2 Å². The van der Waals surface area contributed by atoms with Gasteiger partial charge in [0, 0.05) is 27.6 Å². The number of aryl methyl sites for hydroxylation is 3. The lowest BCUT2D eigenvalue weighted by molar-refractivity contribution is 0.0702. The molecule has 3 aromatic carbocycles. The van der Waals surface area contributed by atoms with Gasteiger partial charge in [0.1, 0.15) is 28.7 Å². The molecule has 1 unspecified atom stereocenters. The molecule has 7 heteroatoms. The molecule has 2 N–H and O–H groups in total. The van der Waals surface area contributed by atoms with Gasteiger partial charge in [0.05, 0.1) is 5.92 Å². The molecule has 1 aliphatic heterocycles. The van der Waals surface area contributed by atoms with E-state index in [0.29, 0.717) is 27.5 Å². The van der Waals surface area contributed by atoms with Crippen molar-refractivity contribution in [2.24, 2.45) is 5.73 Å². The molecule has 1 aliphatic rings. The quantitative estimate of drug-likeness (QED) is 0.265. The number of nitriles is 1. The second kappa shape index (κ2) is 8.53. The molecule has 0 saturated carbocycles. The van der Waals surface area contributed by atoms with Crippen LogP contribution in [0.1, 0.15) is 44.3 Å². The number of allylic oxidation sites excluding steroid dienone is 1. The number of carbonyl (C=O) groups is 1. The molecule has 1 atom stereocenters. The number of esters is 1. The highest BCUT2D eigenvalue weighted by molar-refractivity contribution is 6.31. The van der Waals surface area contributed by atoms with E-state index in [4.69, 9.17) is 31.2 Å². The van der Waals surface area contributed by atoms with E-state index in [2.05, 4.69) is 6.07 Å². The average Bonchev–Trinajstić information content (AvgIpc) is 3.18. The fraction of sp³-hybridized carbons (Fsp3) is 0.143. The number of carbonyl (C=O) groups excluding carboxylic acids is 1. The molecule has 0 spiro atoms. The van der Waals surface area contributed by atoms with E-state index in [1.807, 2.05) is 51.1 Å². The summed E-state index contributed by atoms with van der Waals surface area (Å²) in [6.45, 7) is 5.78.